The molecule has 1 aliphatic rings. The third-order valence-corrected chi connectivity index (χ3v) is 4.58. The quantitative estimate of drug-likeness (QED) is 0.592. The maximum atomic E-state index is 11.6. The van der Waals surface area contributed by atoms with Gasteiger partial charge in [-0.2, -0.15) is 0 Å². The van der Waals surface area contributed by atoms with E-state index < -0.39 is 6.04 Å². The fourth-order valence-corrected chi connectivity index (χ4v) is 3.41. The molecule has 0 saturated carbocycles. The minimum absolute atomic E-state index is 0.0608. The van der Waals surface area contributed by atoms with Crippen LogP contribution in [0, 0.1) is 10.1 Å². The van der Waals surface area contributed by atoms with Crippen LogP contribution in [0.3, 0.4) is 0 Å². The number of hydrogen-bond acceptors (Lipinski definition) is 4. The highest BCUT2D eigenvalue weighted by Gasteiger charge is 2.41. The molecule has 0 aliphatic carbocycles. The lowest BCUT2D eigenvalue weighted by Crippen LogP contribution is -2.37. The number of ether oxygens (including phenoxy) is 2. The van der Waals surface area contributed by atoms with E-state index in [4.69, 9.17) is 9.47 Å². The molecule has 0 radical (unpaired) electrons. The van der Waals surface area contributed by atoms with Crippen LogP contribution in [-0.2, 0) is 0 Å². The molecule has 1 N–H and O–H groups in total. The van der Waals surface area contributed by atoms with Gasteiger partial charge in [0.25, 0.3) is 6.04 Å². The SMILES string of the molecule is COc1ccc2[nH]cc([C@H]3c4ccccc4OC[C@@H]3[N+](=O)[O-])c2c1. The van der Waals surface area contributed by atoms with Crippen molar-refractivity contribution in [1.29, 1.82) is 0 Å². The number of aromatic amines is 1. The van der Waals surface area contributed by atoms with Crippen molar-refractivity contribution in [3.63, 3.8) is 0 Å². The summed E-state index contributed by atoms with van der Waals surface area (Å²) in [7, 11) is 1.61. The van der Waals surface area contributed by atoms with Crippen LogP contribution in [0.1, 0.15) is 17.0 Å². The molecule has 0 bridgehead atoms. The molecular formula is C18H16N2O4. The number of rotatable bonds is 3. The summed E-state index contributed by atoms with van der Waals surface area (Å²) >= 11 is 0. The van der Waals surface area contributed by atoms with E-state index in [0.717, 1.165) is 27.8 Å². The molecule has 3 aromatic rings. The molecule has 4 rings (SSSR count). The van der Waals surface area contributed by atoms with Gasteiger partial charge in [-0.25, -0.2) is 0 Å². The fourth-order valence-electron chi connectivity index (χ4n) is 3.41. The van der Waals surface area contributed by atoms with Gasteiger partial charge in [-0.1, -0.05) is 18.2 Å². The molecule has 1 aliphatic heterocycles. The number of nitro groups is 1. The second kappa shape index (κ2) is 5.56. The molecule has 122 valence electrons. The van der Waals surface area contributed by atoms with Gasteiger partial charge in [-0.05, 0) is 29.8 Å². The Morgan fingerprint density at radius 2 is 2.08 bits per heavy atom. The average Bonchev–Trinajstić information content (AvgIpc) is 3.03. The fraction of sp³-hybridized carbons (Fsp3) is 0.222. The van der Waals surface area contributed by atoms with E-state index in [2.05, 4.69) is 4.98 Å². The van der Waals surface area contributed by atoms with Crippen LogP contribution in [-0.4, -0.2) is 29.7 Å². The minimum Gasteiger partial charge on any atom is -0.497 e. The van der Waals surface area contributed by atoms with E-state index in [1.165, 1.54) is 0 Å². The Kier molecular flexibility index (Phi) is 3.37. The van der Waals surface area contributed by atoms with Gasteiger partial charge in [0.15, 0.2) is 6.61 Å². The third kappa shape index (κ3) is 2.19. The lowest BCUT2D eigenvalue weighted by molar-refractivity contribution is -0.528. The zero-order chi connectivity index (χ0) is 16.7. The number of para-hydroxylation sites is 1. The van der Waals surface area contributed by atoms with Gasteiger partial charge in [0.1, 0.15) is 11.5 Å². The minimum atomic E-state index is -0.829. The van der Waals surface area contributed by atoms with Crippen LogP contribution in [0.5, 0.6) is 11.5 Å². The number of nitrogens with one attached hydrogen (secondary N) is 1. The smallest absolute Gasteiger partial charge is 0.257 e. The van der Waals surface area contributed by atoms with Gasteiger partial charge in [0.2, 0.25) is 0 Å². The molecular weight excluding hydrogens is 308 g/mol. The predicted molar refractivity (Wildman–Crippen MR) is 89.4 cm³/mol. The van der Waals surface area contributed by atoms with Crippen LogP contribution < -0.4 is 9.47 Å². The zero-order valence-corrected chi connectivity index (χ0v) is 13.1. The first-order valence-electron chi connectivity index (χ1n) is 7.69. The first-order chi connectivity index (χ1) is 11.7. The monoisotopic (exact) mass is 324 g/mol. The van der Waals surface area contributed by atoms with Gasteiger partial charge in [0.05, 0.1) is 13.0 Å². The molecule has 1 aromatic heterocycles. The van der Waals surface area contributed by atoms with Crippen molar-refractivity contribution in [2.45, 2.75) is 12.0 Å². The first kappa shape index (κ1) is 14.6. The highest BCUT2D eigenvalue weighted by atomic mass is 16.6. The van der Waals surface area contributed by atoms with Gasteiger partial charge >= 0.3 is 0 Å². The van der Waals surface area contributed by atoms with Crippen LogP contribution in [0.25, 0.3) is 10.9 Å². The lowest BCUT2D eigenvalue weighted by atomic mass is 9.83. The molecule has 2 aromatic carbocycles. The van der Waals surface area contributed by atoms with E-state index >= 15 is 0 Å². The summed E-state index contributed by atoms with van der Waals surface area (Å²) in [5.41, 5.74) is 2.66. The molecule has 0 amide bonds. The van der Waals surface area contributed by atoms with Crippen molar-refractivity contribution >= 4 is 10.9 Å². The van der Waals surface area contributed by atoms with Crippen LogP contribution >= 0.6 is 0 Å². The number of H-pyrrole nitrogens is 1. The predicted octanol–water partition coefficient (Wildman–Crippen LogP) is 3.35. The number of methoxy groups -OCH3 is 1. The van der Waals surface area contributed by atoms with E-state index in [1.807, 2.05) is 48.7 Å². The number of fused-ring (bicyclic) bond motifs is 2. The summed E-state index contributed by atoms with van der Waals surface area (Å²) in [4.78, 5) is 14.6. The molecule has 0 saturated heterocycles. The summed E-state index contributed by atoms with van der Waals surface area (Å²) in [5.74, 6) is 1.06. The summed E-state index contributed by atoms with van der Waals surface area (Å²) < 4.78 is 10.9. The van der Waals surface area contributed by atoms with Crippen LogP contribution in [0.4, 0.5) is 0 Å². The van der Waals surface area contributed by atoms with Gasteiger partial charge < -0.3 is 14.5 Å². The lowest BCUT2D eigenvalue weighted by Gasteiger charge is -2.28. The van der Waals surface area contributed by atoms with Gasteiger partial charge in [0, 0.05) is 27.6 Å². The average molecular weight is 324 g/mol. The highest BCUT2D eigenvalue weighted by molar-refractivity contribution is 5.86. The second-order valence-electron chi connectivity index (χ2n) is 5.83. The summed E-state index contributed by atoms with van der Waals surface area (Å²) in [6.45, 7) is 0.0608. The number of hydrogen-bond donors (Lipinski definition) is 1. The van der Waals surface area contributed by atoms with E-state index in [1.54, 1.807) is 7.11 Å². The topological polar surface area (TPSA) is 77.4 Å². The number of aromatic nitrogens is 1. The third-order valence-electron chi connectivity index (χ3n) is 4.58. The number of nitrogens with zero attached hydrogens (tertiary/aromatic N) is 1. The molecule has 2 heterocycles. The van der Waals surface area contributed by atoms with Crippen molar-refractivity contribution in [3.8, 4) is 11.5 Å². The van der Waals surface area contributed by atoms with Crippen LogP contribution in [0.2, 0.25) is 0 Å². The largest absolute Gasteiger partial charge is 0.497 e. The molecule has 0 unspecified atom stereocenters. The van der Waals surface area contributed by atoms with Gasteiger partial charge in [-0.15, -0.1) is 0 Å². The number of benzene rings is 2. The van der Waals surface area contributed by atoms with Crippen molar-refractivity contribution in [2.24, 2.45) is 0 Å². The Bertz CT molecular complexity index is 918. The summed E-state index contributed by atoms with van der Waals surface area (Å²) in [5, 5.41) is 12.6. The van der Waals surface area contributed by atoms with Crippen molar-refractivity contribution < 1.29 is 14.4 Å². The van der Waals surface area contributed by atoms with Crippen LogP contribution in [0.15, 0.2) is 48.7 Å². The Morgan fingerprint density at radius 3 is 2.88 bits per heavy atom. The van der Waals surface area contributed by atoms with E-state index in [0.29, 0.717) is 5.75 Å². The van der Waals surface area contributed by atoms with Crippen molar-refractivity contribution in [3.05, 3.63) is 69.9 Å². The second-order valence-corrected chi connectivity index (χ2v) is 5.83. The molecule has 6 nitrogen and oxygen atoms in total. The maximum absolute atomic E-state index is 11.6. The molecule has 2 atom stereocenters. The highest BCUT2D eigenvalue weighted by Crippen LogP contribution is 2.42. The van der Waals surface area contributed by atoms with Gasteiger partial charge in [-0.3, -0.25) is 10.1 Å². The van der Waals surface area contributed by atoms with E-state index in [9.17, 15) is 10.1 Å². The Hall–Kier alpha value is -3.02. The first-order valence-corrected chi connectivity index (χ1v) is 7.69. The Balaban J connectivity index is 1.93. The molecule has 6 heteroatoms. The summed E-state index contributed by atoms with van der Waals surface area (Å²) in [6.07, 6.45) is 1.85. The van der Waals surface area contributed by atoms with Crippen molar-refractivity contribution in [2.75, 3.05) is 13.7 Å². The van der Waals surface area contributed by atoms with Crippen molar-refractivity contribution in [1.82, 2.24) is 4.98 Å². The van der Waals surface area contributed by atoms with E-state index in [-0.39, 0.29) is 17.4 Å². The molecule has 0 fully saturated rings. The standard InChI is InChI=1S/C18H16N2O4/c1-23-11-6-7-15-13(8-11)14(9-19-15)18-12-4-2-3-5-17(12)24-10-16(18)20(21)22/h2-9,16,18-19H,10H2,1H3/t16-,18+/m0/s1. The summed E-state index contributed by atoms with van der Waals surface area (Å²) in [6, 6.07) is 12.4. The molecule has 0 spiro atoms. The maximum Gasteiger partial charge on any atom is 0.257 e. The Labute approximate surface area is 138 Å². The zero-order valence-electron chi connectivity index (χ0n) is 13.1. The molecule has 24 heavy (non-hydrogen) atoms. The Morgan fingerprint density at radius 1 is 1.25 bits per heavy atom. The normalized spacial score (nSPS) is 19.5.